The molecule has 0 heterocycles. The minimum atomic E-state index is -0.296. The van der Waals surface area contributed by atoms with E-state index < -0.39 is 0 Å². The molecule has 0 saturated carbocycles. The monoisotopic (exact) mass is 348 g/mol. The van der Waals surface area contributed by atoms with Gasteiger partial charge in [0.1, 0.15) is 12.2 Å². The molecule has 0 aliphatic rings. The van der Waals surface area contributed by atoms with Crippen molar-refractivity contribution in [2.45, 2.75) is 66.6 Å². The lowest BCUT2D eigenvalue weighted by atomic mass is 10.1. The summed E-state index contributed by atoms with van der Waals surface area (Å²) in [4.78, 5) is 21.6. The highest BCUT2D eigenvalue weighted by Crippen LogP contribution is 2.07. The first-order valence-electron chi connectivity index (χ1n) is 7.14. The minimum absolute atomic E-state index is 0.0671. The normalized spacial score (nSPS) is 12.4. The van der Waals surface area contributed by atoms with Crippen molar-refractivity contribution in [2.75, 3.05) is 0 Å². The summed E-state index contributed by atoms with van der Waals surface area (Å²) in [6.45, 7) is 11.1. The molecular weight excluding hydrogens is 318 g/mol. The van der Waals surface area contributed by atoms with Crippen LogP contribution in [0.15, 0.2) is 23.3 Å². The van der Waals surface area contributed by atoms with Gasteiger partial charge >= 0.3 is 0 Å². The molecule has 0 aromatic rings. The van der Waals surface area contributed by atoms with Crippen LogP contribution in [-0.2, 0) is 18.6 Å². The average Bonchev–Trinajstić information content (AvgIpc) is 2.39. The van der Waals surface area contributed by atoms with Gasteiger partial charge in [0.25, 0.3) is 0 Å². The number of rotatable bonds is 8. The highest BCUT2D eigenvalue weighted by molar-refractivity contribution is 7.10. The molecule has 4 atom stereocenters. The molecular formula is C16H30O4P2. The maximum Gasteiger partial charge on any atom is 0.159 e. The summed E-state index contributed by atoms with van der Waals surface area (Å²) in [6.07, 6.45) is 4.74. The summed E-state index contributed by atoms with van der Waals surface area (Å²) >= 11 is 0. The van der Waals surface area contributed by atoms with Crippen molar-refractivity contribution in [2.24, 2.45) is 0 Å². The number of carbonyl (C=O) groups is 2. The zero-order chi connectivity index (χ0) is 17.7. The number of hydrogen-bond acceptors (Lipinski definition) is 4. The number of Topliss-reactive ketones (excluding diaryl/α,β-unsaturated/α-hetero) is 2. The van der Waals surface area contributed by atoms with Crippen LogP contribution in [-0.4, -0.2) is 23.8 Å². The molecule has 0 rings (SSSR count). The topological polar surface area (TPSA) is 52.6 Å². The van der Waals surface area contributed by atoms with Crippen molar-refractivity contribution in [3.63, 3.8) is 0 Å². The highest BCUT2D eigenvalue weighted by Gasteiger charge is 2.10. The van der Waals surface area contributed by atoms with Gasteiger partial charge in [-0.3, -0.25) is 9.59 Å². The van der Waals surface area contributed by atoms with E-state index in [0.29, 0.717) is 12.8 Å². The zero-order valence-corrected chi connectivity index (χ0v) is 16.8. The van der Waals surface area contributed by atoms with E-state index in [2.05, 4.69) is 18.9 Å². The van der Waals surface area contributed by atoms with Crippen molar-refractivity contribution < 1.29 is 18.6 Å². The maximum absolute atomic E-state index is 10.8. The van der Waals surface area contributed by atoms with Gasteiger partial charge in [-0.05, 0) is 54.4 Å². The Balaban J connectivity index is 0. The molecule has 0 aromatic carbocycles. The lowest BCUT2D eigenvalue weighted by Gasteiger charge is -2.07. The summed E-state index contributed by atoms with van der Waals surface area (Å²) in [5.74, 6) is 0.134. The summed E-state index contributed by atoms with van der Waals surface area (Å²) in [6, 6.07) is 0. The fourth-order valence-electron chi connectivity index (χ4n) is 1.32. The largest absolute Gasteiger partial charge is 0.354 e. The van der Waals surface area contributed by atoms with Crippen LogP contribution in [0.4, 0.5) is 0 Å². The number of allylic oxidation sites excluding steroid dienone is 2. The Morgan fingerprint density at radius 1 is 0.773 bits per heavy atom. The molecule has 4 nitrogen and oxygen atoms in total. The molecule has 0 spiro atoms. The third-order valence-electron chi connectivity index (χ3n) is 2.72. The van der Waals surface area contributed by atoms with Gasteiger partial charge in [-0.2, -0.15) is 0 Å². The minimum Gasteiger partial charge on any atom is -0.354 e. The second-order valence-electron chi connectivity index (χ2n) is 5.51. The van der Waals surface area contributed by atoms with Crippen LogP contribution in [0, 0.1) is 0 Å². The molecule has 22 heavy (non-hydrogen) atoms. The smallest absolute Gasteiger partial charge is 0.159 e. The molecule has 0 fully saturated rings. The lowest BCUT2D eigenvalue weighted by Crippen LogP contribution is -2.16. The first kappa shape index (κ1) is 23.9. The van der Waals surface area contributed by atoms with Crippen molar-refractivity contribution in [1.82, 2.24) is 0 Å². The summed E-state index contributed by atoms with van der Waals surface area (Å²) in [5.41, 5.74) is 2.41. The molecule has 0 amide bonds. The van der Waals surface area contributed by atoms with E-state index in [0.717, 1.165) is 0 Å². The molecule has 128 valence electrons. The van der Waals surface area contributed by atoms with Crippen LogP contribution in [0.25, 0.3) is 0 Å². The van der Waals surface area contributed by atoms with Crippen LogP contribution in [0.5, 0.6) is 0 Å². The van der Waals surface area contributed by atoms with Crippen molar-refractivity contribution in [3.8, 4) is 0 Å². The number of ketones is 2. The summed E-state index contributed by atoms with van der Waals surface area (Å²) in [7, 11) is 4.24. The third kappa shape index (κ3) is 14.5. The van der Waals surface area contributed by atoms with Crippen LogP contribution < -0.4 is 0 Å². The molecule has 0 N–H and O–H groups in total. The Hall–Kier alpha value is -0.400. The molecule has 0 aliphatic carbocycles. The Labute approximate surface area is 139 Å². The summed E-state index contributed by atoms with van der Waals surface area (Å²) in [5, 5.41) is 0. The predicted octanol–water partition coefficient (Wildman–Crippen LogP) is 4.21. The van der Waals surface area contributed by atoms with Crippen molar-refractivity contribution >= 4 is 30.5 Å². The second-order valence-corrected chi connectivity index (χ2v) is 6.05. The van der Waals surface area contributed by atoms with E-state index in [1.165, 1.54) is 25.0 Å². The lowest BCUT2D eigenvalue weighted by molar-refractivity contribution is -0.123. The van der Waals surface area contributed by atoms with Gasteiger partial charge in [0.2, 0.25) is 0 Å². The van der Waals surface area contributed by atoms with Crippen molar-refractivity contribution in [1.29, 1.82) is 0 Å². The fraction of sp³-hybridized carbons (Fsp3) is 0.625. The van der Waals surface area contributed by atoms with Gasteiger partial charge in [0.15, 0.2) is 11.6 Å². The highest BCUT2D eigenvalue weighted by atomic mass is 31.0. The molecule has 0 bridgehead atoms. The van der Waals surface area contributed by atoms with Crippen LogP contribution in [0.3, 0.4) is 0 Å². The van der Waals surface area contributed by atoms with Gasteiger partial charge in [0.05, 0.1) is 0 Å². The van der Waals surface area contributed by atoms with Crippen LogP contribution >= 0.6 is 18.9 Å². The number of carbonyl (C=O) groups excluding carboxylic acids is 2. The zero-order valence-electron chi connectivity index (χ0n) is 14.5. The van der Waals surface area contributed by atoms with E-state index in [-0.39, 0.29) is 23.8 Å². The Morgan fingerprint density at radius 3 is 1.18 bits per heavy atom. The van der Waals surface area contributed by atoms with Gasteiger partial charge in [-0.1, -0.05) is 23.3 Å². The summed E-state index contributed by atoms with van der Waals surface area (Å²) < 4.78 is 9.77. The first-order valence-corrected chi connectivity index (χ1v) is 8.08. The van der Waals surface area contributed by atoms with E-state index in [1.807, 2.05) is 39.8 Å². The van der Waals surface area contributed by atoms with Gasteiger partial charge in [-0.15, -0.1) is 0 Å². The molecule has 4 unspecified atom stereocenters. The molecule has 0 aliphatic heterocycles. The Bertz CT molecular complexity index is 357. The van der Waals surface area contributed by atoms with Crippen molar-refractivity contribution in [3.05, 3.63) is 23.3 Å². The van der Waals surface area contributed by atoms with E-state index >= 15 is 0 Å². The number of hydrogen-bond donors (Lipinski definition) is 0. The van der Waals surface area contributed by atoms with E-state index in [9.17, 15) is 9.59 Å². The molecule has 0 aromatic heterocycles. The first-order chi connectivity index (χ1) is 10.1. The van der Waals surface area contributed by atoms with Gasteiger partial charge in [0, 0.05) is 18.9 Å². The van der Waals surface area contributed by atoms with Gasteiger partial charge < -0.3 is 9.05 Å². The SMILES string of the molecule is CC(=O)C(CC=C(C)C)OP.CC(=O)C(CC=C(C)C)OP. The van der Waals surface area contributed by atoms with Gasteiger partial charge in [-0.25, -0.2) is 0 Å². The standard InChI is InChI=1S/2C8H15O2P/c2*1-6(2)4-5-8(10-11)7(3)9/h2*4,8H,5,11H2,1-3H3. The van der Waals surface area contributed by atoms with Crippen LogP contribution in [0.2, 0.25) is 0 Å². The molecule has 0 saturated heterocycles. The van der Waals surface area contributed by atoms with E-state index in [1.54, 1.807) is 0 Å². The van der Waals surface area contributed by atoms with Crippen LogP contribution in [0.1, 0.15) is 54.4 Å². The quantitative estimate of drug-likeness (QED) is 0.487. The Kier molecular flexibility index (Phi) is 15.4. The average molecular weight is 348 g/mol. The molecule has 6 heteroatoms. The maximum atomic E-state index is 10.8. The molecule has 0 radical (unpaired) electrons. The second kappa shape index (κ2) is 14.2. The third-order valence-corrected chi connectivity index (χ3v) is 3.37. The van der Waals surface area contributed by atoms with E-state index in [4.69, 9.17) is 9.05 Å². The predicted molar refractivity (Wildman–Crippen MR) is 98.6 cm³/mol. The Morgan fingerprint density at radius 2 is 1.05 bits per heavy atom. The fourth-order valence-corrected chi connectivity index (χ4v) is 1.93.